The molecule has 0 saturated carbocycles. The Morgan fingerprint density at radius 3 is 2.46 bits per heavy atom. The van der Waals surface area contributed by atoms with Crippen molar-refractivity contribution >= 4 is 29.1 Å². The highest BCUT2D eigenvalue weighted by Crippen LogP contribution is 2.23. The van der Waals surface area contributed by atoms with E-state index in [0.29, 0.717) is 15.6 Å². The molecule has 2 aromatic rings. The summed E-state index contributed by atoms with van der Waals surface area (Å²) in [5.41, 5.74) is 2.80. The zero-order valence-corrected chi connectivity index (χ0v) is 16.2. The smallest absolute Gasteiger partial charge is 0.252 e. The maximum Gasteiger partial charge on any atom is 0.252 e. The van der Waals surface area contributed by atoms with Crippen LogP contribution in [0.3, 0.4) is 0 Å². The number of hydrogen-bond donors (Lipinski definition) is 2. The van der Waals surface area contributed by atoms with Gasteiger partial charge in [-0.25, -0.2) is 0 Å². The van der Waals surface area contributed by atoms with Crippen molar-refractivity contribution in [2.45, 2.75) is 13.0 Å². The van der Waals surface area contributed by atoms with Crippen LogP contribution in [0, 0.1) is 6.92 Å². The summed E-state index contributed by atoms with van der Waals surface area (Å²) < 4.78 is 5.44. The lowest BCUT2D eigenvalue weighted by molar-refractivity contribution is -0.909. The molecule has 3 rings (SSSR count). The second-order valence-corrected chi connectivity index (χ2v) is 7.45. The predicted molar refractivity (Wildman–Crippen MR) is 104 cm³/mol. The monoisotopic (exact) mass is 393 g/mol. The molecular weight excluding hydrogens is 371 g/mol. The highest BCUT2D eigenvalue weighted by atomic mass is 35.5. The molecule has 1 amide bonds. The van der Waals surface area contributed by atoms with E-state index < -0.39 is 0 Å². The number of carbonyl (C=O) groups is 1. The first-order valence-electron chi connectivity index (χ1n) is 8.77. The van der Waals surface area contributed by atoms with E-state index in [1.54, 1.807) is 18.2 Å². The van der Waals surface area contributed by atoms with Crippen molar-refractivity contribution in [1.29, 1.82) is 0 Å². The summed E-state index contributed by atoms with van der Waals surface area (Å²) in [6.07, 6.45) is 0. The van der Waals surface area contributed by atoms with Crippen molar-refractivity contribution < 1.29 is 14.4 Å². The van der Waals surface area contributed by atoms with Gasteiger partial charge in [-0.3, -0.25) is 4.79 Å². The van der Waals surface area contributed by atoms with Gasteiger partial charge in [-0.1, -0.05) is 53.0 Å². The minimum Gasteiger partial charge on any atom is -0.370 e. The van der Waals surface area contributed by atoms with Crippen LogP contribution in [0.25, 0.3) is 0 Å². The van der Waals surface area contributed by atoms with Crippen molar-refractivity contribution in [3.63, 3.8) is 0 Å². The van der Waals surface area contributed by atoms with Crippen molar-refractivity contribution in [3.8, 4) is 0 Å². The van der Waals surface area contributed by atoms with E-state index in [-0.39, 0.29) is 11.9 Å². The number of amides is 1. The largest absolute Gasteiger partial charge is 0.370 e. The maximum atomic E-state index is 12.8. The van der Waals surface area contributed by atoms with Gasteiger partial charge in [0.15, 0.2) is 0 Å². The summed E-state index contributed by atoms with van der Waals surface area (Å²) in [6.45, 7) is 6.29. The molecule has 1 heterocycles. The quantitative estimate of drug-likeness (QED) is 0.819. The number of benzene rings is 2. The summed E-state index contributed by atoms with van der Waals surface area (Å²) in [5, 5.41) is 3.98. The Kier molecular flexibility index (Phi) is 6.54. The standard InChI is InChI=1S/C20H22Cl2N2O2/c1-14-2-4-15(5-3-14)19(13-24-8-10-26-11-9-24)23-20(25)16-6-7-17(21)18(22)12-16/h2-7,12,19H,8-11,13H2,1H3,(H,23,25)/p+1/t19-/m1/s1. The number of hydrogen-bond acceptors (Lipinski definition) is 2. The van der Waals surface area contributed by atoms with Gasteiger partial charge >= 0.3 is 0 Å². The fraction of sp³-hybridized carbons (Fsp3) is 0.350. The van der Waals surface area contributed by atoms with Gasteiger partial charge in [0.2, 0.25) is 0 Å². The summed E-state index contributed by atoms with van der Waals surface area (Å²) >= 11 is 12.0. The third-order valence-electron chi connectivity index (χ3n) is 4.66. The average molecular weight is 394 g/mol. The van der Waals surface area contributed by atoms with Gasteiger partial charge in [0.05, 0.1) is 23.3 Å². The molecule has 1 aliphatic rings. The molecule has 1 atom stereocenters. The highest BCUT2D eigenvalue weighted by Gasteiger charge is 2.23. The van der Waals surface area contributed by atoms with Gasteiger partial charge in [0, 0.05) is 5.56 Å². The molecule has 26 heavy (non-hydrogen) atoms. The zero-order valence-electron chi connectivity index (χ0n) is 14.7. The summed E-state index contributed by atoms with van der Waals surface area (Å²) in [6, 6.07) is 13.2. The first kappa shape index (κ1) is 19.2. The lowest BCUT2D eigenvalue weighted by atomic mass is 10.0. The number of morpholine rings is 1. The van der Waals surface area contributed by atoms with Crippen LogP contribution in [0.2, 0.25) is 10.0 Å². The third-order valence-corrected chi connectivity index (χ3v) is 5.40. The maximum absolute atomic E-state index is 12.8. The van der Waals surface area contributed by atoms with Gasteiger partial charge in [-0.2, -0.15) is 0 Å². The number of nitrogens with one attached hydrogen (secondary N) is 2. The number of rotatable bonds is 5. The normalized spacial score (nSPS) is 16.3. The Morgan fingerprint density at radius 2 is 1.81 bits per heavy atom. The van der Waals surface area contributed by atoms with E-state index in [0.717, 1.165) is 38.4 Å². The molecule has 0 aliphatic carbocycles. The second kappa shape index (κ2) is 8.87. The van der Waals surface area contributed by atoms with Crippen LogP contribution in [0.15, 0.2) is 42.5 Å². The Morgan fingerprint density at radius 1 is 1.12 bits per heavy atom. The lowest BCUT2D eigenvalue weighted by Gasteiger charge is -2.28. The molecule has 6 heteroatoms. The van der Waals surface area contributed by atoms with Crippen LogP contribution in [0.1, 0.15) is 27.5 Å². The van der Waals surface area contributed by atoms with Gasteiger partial charge in [-0.05, 0) is 30.7 Å². The van der Waals surface area contributed by atoms with E-state index in [2.05, 4.69) is 36.5 Å². The van der Waals surface area contributed by atoms with E-state index in [4.69, 9.17) is 27.9 Å². The SMILES string of the molecule is Cc1ccc([C@@H](C[NH+]2CCOCC2)NC(=O)c2ccc(Cl)c(Cl)c2)cc1. The van der Waals surface area contributed by atoms with E-state index >= 15 is 0 Å². The molecule has 2 N–H and O–H groups in total. The number of ether oxygens (including phenoxy) is 1. The molecule has 1 fully saturated rings. The van der Waals surface area contributed by atoms with Crippen LogP contribution in [0.4, 0.5) is 0 Å². The Hall–Kier alpha value is -1.59. The minimum atomic E-state index is -0.151. The third kappa shape index (κ3) is 4.98. The Bertz CT molecular complexity index is 759. The molecular formula is C20H23Cl2N2O2+. The van der Waals surface area contributed by atoms with Gasteiger partial charge in [-0.15, -0.1) is 0 Å². The highest BCUT2D eigenvalue weighted by molar-refractivity contribution is 6.42. The first-order valence-corrected chi connectivity index (χ1v) is 9.52. The van der Waals surface area contributed by atoms with Gasteiger partial charge in [0.1, 0.15) is 25.7 Å². The van der Waals surface area contributed by atoms with Gasteiger partial charge in [0.25, 0.3) is 5.91 Å². The molecule has 0 unspecified atom stereocenters. The molecule has 1 saturated heterocycles. The molecule has 1 aliphatic heterocycles. The molecule has 4 nitrogen and oxygen atoms in total. The Balaban J connectivity index is 1.78. The van der Waals surface area contributed by atoms with Crippen molar-refractivity contribution in [3.05, 3.63) is 69.2 Å². The summed E-state index contributed by atoms with van der Waals surface area (Å²) in [4.78, 5) is 14.2. The van der Waals surface area contributed by atoms with Crippen molar-refractivity contribution in [1.82, 2.24) is 5.32 Å². The van der Waals surface area contributed by atoms with Crippen LogP contribution in [0.5, 0.6) is 0 Å². The second-order valence-electron chi connectivity index (χ2n) is 6.63. The molecule has 138 valence electrons. The first-order chi connectivity index (χ1) is 12.5. The summed E-state index contributed by atoms with van der Waals surface area (Å²) in [5.74, 6) is -0.151. The minimum absolute atomic E-state index is 0.0781. The molecule has 0 aromatic heterocycles. The number of aryl methyl sites for hydroxylation is 1. The number of halogens is 2. The zero-order chi connectivity index (χ0) is 18.5. The van der Waals surface area contributed by atoms with E-state index in [1.165, 1.54) is 10.5 Å². The fourth-order valence-electron chi connectivity index (χ4n) is 3.08. The van der Waals surface area contributed by atoms with Crippen LogP contribution >= 0.6 is 23.2 Å². The van der Waals surface area contributed by atoms with Crippen molar-refractivity contribution in [2.75, 3.05) is 32.8 Å². The number of quaternary nitrogens is 1. The van der Waals surface area contributed by atoms with E-state index in [1.807, 2.05) is 0 Å². The van der Waals surface area contributed by atoms with Crippen LogP contribution in [-0.4, -0.2) is 38.8 Å². The lowest BCUT2D eigenvalue weighted by Crippen LogP contribution is -3.14. The Labute approximate surface area is 164 Å². The van der Waals surface area contributed by atoms with Gasteiger partial charge < -0.3 is 15.0 Å². The van der Waals surface area contributed by atoms with Crippen LogP contribution < -0.4 is 10.2 Å². The van der Waals surface area contributed by atoms with Crippen molar-refractivity contribution in [2.24, 2.45) is 0 Å². The molecule has 0 spiro atoms. The van der Waals surface area contributed by atoms with E-state index in [9.17, 15) is 4.79 Å². The summed E-state index contributed by atoms with van der Waals surface area (Å²) in [7, 11) is 0. The molecule has 0 bridgehead atoms. The van der Waals surface area contributed by atoms with Crippen LogP contribution in [-0.2, 0) is 4.74 Å². The predicted octanol–water partition coefficient (Wildman–Crippen LogP) is 2.69. The molecule has 0 radical (unpaired) electrons. The molecule has 2 aromatic carbocycles. The topological polar surface area (TPSA) is 42.8 Å². The average Bonchev–Trinajstić information content (AvgIpc) is 2.65. The fourth-order valence-corrected chi connectivity index (χ4v) is 3.38. The number of carbonyl (C=O) groups excluding carboxylic acids is 1.